The number of rotatable bonds is 1. The maximum absolute atomic E-state index is 9.90. The fourth-order valence-corrected chi connectivity index (χ4v) is 0.415. The van der Waals surface area contributed by atoms with Gasteiger partial charge in [0.1, 0.15) is 0 Å². The zero-order valence-corrected chi connectivity index (χ0v) is 4.70. The first-order valence-electron chi connectivity index (χ1n) is 2.33. The van der Waals surface area contributed by atoms with Crippen molar-refractivity contribution in [1.82, 2.24) is 0 Å². The lowest BCUT2D eigenvalue weighted by molar-refractivity contribution is -0.541. The Bertz CT molecular complexity index is 77.0. The van der Waals surface area contributed by atoms with E-state index in [9.17, 15) is 4.79 Å². The molecule has 54 valence electrons. The highest BCUT2D eigenvalue weighted by Crippen LogP contribution is 2.03. The van der Waals surface area contributed by atoms with Crippen LogP contribution in [-0.2, 0) is 19.6 Å². The van der Waals surface area contributed by atoms with Gasteiger partial charge in [-0.3, -0.25) is 0 Å². The third kappa shape index (κ3) is 2.52. The van der Waals surface area contributed by atoms with Crippen molar-refractivity contribution in [2.24, 2.45) is 0 Å². The van der Waals surface area contributed by atoms with Gasteiger partial charge in [-0.05, 0) is 0 Å². The normalized spacial score (nSPS) is 26.4. The van der Waals surface area contributed by atoms with Gasteiger partial charge in [0, 0.05) is 6.42 Å². The van der Waals surface area contributed by atoms with Crippen molar-refractivity contribution >= 4 is 6.29 Å². The van der Waals surface area contributed by atoms with Gasteiger partial charge in [0.05, 0.1) is 6.61 Å². The minimum atomic E-state index is -0.441. The average Bonchev–Trinajstić information content (AvgIpc) is 1.90. The lowest BCUT2D eigenvalue weighted by atomic mass is 10.3. The van der Waals surface area contributed by atoms with Crippen LogP contribution in [0.5, 0.6) is 0 Å². The molecule has 1 rings (SSSR count). The SMILES string of the molecule is O.O=CC1CCOOO1. The molecule has 1 saturated heterocycles. The van der Waals surface area contributed by atoms with E-state index in [1.54, 1.807) is 0 Å². The van der Waals surface area contributed by atoms with Gasteiger partial charge in [0.15, 0.2) is 12.4 Å². The summed E-state index contributed by atoms with van der Waals surface area (Å²) in [6, 6.07) is 0. The van der Waals surface area contributed by atoms with Crippen LogP contribution in [0.3, 0.4) is 0 Å². The van der Waals surface area contributed by atoms with Gasteiger partial charge in [0.25, 0.3) is 0 Å². The highest BCUT2D eigenvalue weighted by Gasteiger charge is 2.13. The molecule has 0 aromatic carbocycles. The molecule has 2 N–H and O–H groups in total. The van der Waals surface area contributed by atoms with Crippen molar-refractivity contribution in [3.05, 3.63) is 0 Å². The summed E-state index contributed by atoms with van der Waals surface area (Å²) in [7, 11) is 0. The molecule has 0 aliphatic carbocycles. The molecule has 5 heteroatoms. The Hall–Kier alpha value is -0.490. The summed E-state index contributed by atoms with van der Waals surface area (Å²) in [6.45, 7) is 0.420. The smallest absolute Gasteiger partial charge is 0.153 e. The second-order valence-corrected chi connectivity index (χ2v) is 1.45. The molecule has 1 atom stereocenters. The molecule has 1 aliphatic heterocycles. The summed E-state index contributed by atoms with van der Waals surface area (Å²) in [4.78, 5) is 18.6. The zero-order chi connectivity index (χ0) is 5.82. The van der Waals surface area contributed by atoms with E-state index in [4.69, 9.17) is 0 Å². The van der Waals surface area contributed by atoms with Gasteiger partial charge in [-0.15, -0.1) is 0 Å². The summed E-state index contributed by atoms with van der Waals surface area (Å²) in [6.07, 6.45) is 0.815. The molecule has 0 bridgehead atoms. The number of carbonyl (C=O) groups excluding carboxylic acids is 1. The molecule has 1 aliphatic rings. The van der Waals surface area contributed by atoms with Gasteiger partial charge >= 0.3 is 0 Å². The Morgan fingerprint density at radius 1 is 1.56 bits per heavy atom. The second-order valence-electron chi connectivity index (χ2n) is 1.45. The maximum atomic E-state index is 9.90. The number of hydrogen-bond donors (Lipinski definition) is 0. The van der Waals surface area contributed by atoms with Gasteiger partial charge in [-0.2, -0.15) is 4.89 Å². The van der Waals surface area contributed by atoms with Crippen molar-refractivity contribution in [2.75, 3.05) is 6.61 Å². The molecule has 9 heavy (non-hydrogen) atoms. The molecule has 5 nitrogen and oxygen atoms in total. The van der Waals surface area contributed by atoms with Gasteiger partial charge in [-0.1, -0.05) is 5.04 Å². The van der Waals surface area contributed by atoms with Gasteiger partial charge in [-0.25, -0.2) is 4.89 Å². The standard InChI is InChI=1S/C4H6O4.H2O/c5-3-4-1-2-6-8-7-4;/h3-4H,1-2H2;1H2. The predicted molar refractivity (Wildman–Crippen MR) is 26.2 cm³/mol. The average molecular weight is 136 g/mol. The second kappa shape index (κ2) is 4.39. The van der Waals surface area contributed by atoms with E-state index in [2.05, 4.69) is 14.8 Å². The molecule has 0 aromatic rings. The lowest BCUT2D eigenvalue weighted by Gasteiger charge is -2.13. The molecule has 0 spiro atoms. The molecule has 0 radical (unpaired) electrons. The summed E-state index contributed by atoms with van der Waals surface area (Å²) in [5.41, 5.74) is 0. The maximum Gasteiger partial charge on any atom is 0.153 e. The van der Waals surface area contributed by atoms with Gasteiger partial charge in [0.2, 0.25) is 0 Å². The molecular formula is C4H8O5. The first kappa shape index (κ1) is 8.51. The molecule has 0 amide bonds. The molecule has 0 saturated carbocycles. The largest absolute Gasteiger partial charge is 0.412 e. The fraction of sp³-hybridized carbons (Fsp3) is 0.750. The third-order valence-electron chi connectivity index (χ3n) is 0.848. The summed E-state index contributed by atoms with van der Waals surface area (Å²) in [5.74, 6) is 0. The van der Waals surface area contributed by atoms with Crippen molar-refractivity contribution < 1.29 is 25.1 Å². The van der Waals surface area contributed by atoms with Crippen LogP contribution >= 0.6 is 0 Å². The monoisotopic (exact) mass is 136 g/mol. The molecule has 1 heterocycles. The Kier molecular flexibility index (Phi) is 4.16. The van der Waals surface area contributed by atoms with Crippen molar-refractivity contribution in [3.63, 3.8) is 0 Å². The highest BCUT2D eigenvalue weighted by molar-refractivity contribution is 5.55. The number of carbonyl (C=O) groups is 1. The quantitative estimate of drug-likeness (QED) is 0.342. The van der Waals surface area contributed by atoms with E-state index < -0.39 is 6.10 Å². The van der Waals surface area contributed by atoms with Crippen LogP contribution in [0.4, 0.5) is 0 Å². The van der Waals surface area contributed by atoms with Crippen molar-refractivity contribution in [1.29, 1.82) is 0 Å². The highest BCUT2D eigenvalue weighted by atomic mass is 17.5. The first-order valence-corrected chi connectivity index (χ1v) is 2.33. The Labute approximate surface area is 51.7 Å². The summed E-state index contributed by atoms with van der Waals surface area (Å²) in [5, 5.41) is 4.04. The third-order valence-corrected chi connectivity index (χ3v) is 0.848. The molecule has 1 fully saturated rings. The van der Waals surface area contributed by atoms with Crippen LogP contribution in [0.2, 0.25) is 0 Å². The Morgan fingerprint density at radius 3 is 2.67 bits per heavy atom. The molecular weight excluding hydrogens is 128 g/mol. The fourth-order valence-electron chi connectivity index (χ4n) is 0.415. The van der Waals surface area contributed by atoms with Crippen molar-refractivity contribution in [2.45, 2.75) is 12.5 Å². The van der Waals surface area contributed by atoms with Gasteiger partial charge < -0.3 is 10.3 Å². The number of hydrogen-bond acceptors (Lipinski definition) is 4. The Balaban J connectivity index is 0.000000640. The van der Waals surface area contributed by atoms with E-state index in [0.29, 0.717) is 19.3 Å². The van der Waals surface area contributed by atoms with Crippen LogP contribution in [0, 0.1) is 0 Å². The van der Waals surface area contributed by atoms with E-state index in [1.807, 2.05) is 0 Å². The minimum absolute atomic E-state index is 0. The summed E-state index contributed by atoms with van der Waals surface area (Å²) < 4.78 is 0. The van der Waals surface area contributed by atoms with E-state index in [0.717, 1.165) is 0 Å². The van der Waals surface area contributed by atoms with Crippen molar-refractivity contribution in [3.8, 4) is 0 Å². The van der Waals surface area contributed by atoms with Crippen LogP contribution in [0.25, 0.3) is 0 Å². The number of aldehydes is 1. The predicted octanol–water partition coefficient (Wildman–Crippen LogP) is -0.987. The minimum Gasteiger partial charge on any atom is -0.412 e. The molecule has 1 unspecified atom stereocenters. The van der Waals surface area contributed by atoms with Crippen LogP contribution in [0.15, 0.2) is 0 Å². The summed E-state index contributed by atoms with van der Waals surface area (Å²) >= 11 is 0. The van der Waals surface area contributed by atoms with E-state index in [-0.39, 0.29) is 5.48 Å². The topological polar surface area (TPSA) is 76.3 Å². The Morgan fingerprint density at radius 2 is 2.33 bits per heavy atom. The van der Waals surface area contributed by atoms with Crippen LogP contribution in [-0.4, -0.2) is 24.5 Å². The van der Waals surface area contributed by atoms with E-state index in [1.165, 1.54) is 0 Å². The lowest BCUT2D eigenvalue weighted by Crippen LogP contribution is -2.22. The first-order chi connectivity index (χ1) is 3.93. The van der Waals surface area contributed by atoms with E-state index >= 15 is 0 Å². The van der Waals surface area contributed by atoms with Crippen LogP contribution < -0.4 is 0 Å². The molecule has 0 aromatic heterocycles. The zero-order valence-electron chi connectivity index (χ0n) is 4.70. The van der Waals surface area contributed by atoms with Crippen LogP contribution in [0.1, 0.15) is 6.42 Å².